The summed E-state index contributed by atoms with van der Waals surface area (Å²) >= 11 is 3.29. The summed E-state index contributed by atoms with van der Waals surface area (Å²) in [6.45, 7) is 4.24. The lowest BCUT2D eigenvalue weighted by atomic mass is 10.2. The Morgan fingerprint density at radius 1 is 1.19 bits per heavy atom. The summed E-state index contributed by atoms with van der Waals surface area (Å²) in [5.74, 6) is 0.572. The first-order valence-electron chi connectivity index (χ1n) is 7.05. The lowest BCUT2D eigenvalue weighted by Crippen LogP contribution is -2.14. The van der Waals surface area contributed by atoms with Crippen LogP contribution < -0.4 is 10.1 Å². The van der Waals surface area contributed by atoms with Gasteiger partial charge in [0.2, 0.25) is 0 Å². The van der Waals surface area contributed by atoms with Crippen LogP contribution in [0.15, 0.2) is 46.9 Å². The van der Waals surface area contributed by atoms with Crippen molar-refractivity contribution in [3.05, 3.63) is 63.9 Å². The molecule has 0 aliphatic carbocycles. The molecule has 21 heavy (non-hydrogen) atoms. The predicted molar refractivity (Wildman–Crippen MR) is 86.9 cm³/mol. The molecule has 0 radical (unpaired) electrons. The van der Waals surface area contributed by atoms with Gasteiger partial charge in [0, 0.05) is 16.6 Å². The minimum atomic E-state index is -0.263. The first kappa shape index (κ1) is 16.0. The SMILES string of the molecule is CCCNCc1ccccc1OCc1cc(F)cc(Br)c1. The van der Waals surface area contributed by atoms with Crippen LogP contribution in [-0.4, -0.2) is 6.54 Å². The highest BCUT2D eigenvalue weighted by Gasteiger charge is 2.04. The molecule has 2 nitrogen and oxygen atoms in total. The molecule has 0 spiro atoms. The Labute approximate surface area is 133 Å². The van der Waals surface area contributed by atoms with Gasteiger partial charge in [-0.25, -0.2) is 4.39 Å². The van der Waals surface area contributed by atoms with Crippen LogP contribution in [0.25, 0.3) is 0 Å². The van der Waals surface area contributed by atoms with Crippen LogP contribution >= 0.6 is 15.9 Å². The molecule has 2 aromatic rings. The van der Waals surface area contributed by atoms with Crippen LogP contribution in [-0.2, 0) is 13.2 Å². The molecule has 0 amide bonds. The van der Waals surface area contributed by atoms with Gasteiger partial charge in [0.1, 0.15) is 18.2 Å². The number of hydrogen-bond donors (Lipinski definition) is 1. The number of benzene rings is 2. The van der Waals surface area contributed by atoms with Crippen LogP contribution in [0.5, 0.6) is 5.75 Å². The zero-order valence-corrected chi connectivity index (χ0v) is 13.6. The lowest BCUT2D eigenvalue weighted by molar-refractivity contribution is 0.301. The van der Waals surface area contributed by atoms with E-state index in [1.807, 2.05) is 30.3 Å². The summed E-state index contributed by atoms with van der Waals surface area (Å²) < 4.78 is 19.9. The maximum absolute atomic E-state index is 13.3. The van der Waals surface area contributed by atoms with Gasteiger partial charge in [0.15, 0.2) is 0 Å². The third-order valence-corrected chi connectivity index (χ3v) is 3.49. The summed E-state index contributed by atoms with van der Waals surface area (Å²) in [6.07, 6.45) is 1.10. The topological polar surface area (TPSA) is 21.3 Å². The number of halogens is 2. The van der Waals surface area contributed by atoms with E-state index >= 15 is 0 Å². The molecule has 0 aromatic heterocycles. The molecule has 0 heterocycles. The van der Waals surface area contributed by atoms with Gasteiger partial charge in [0.25, 0.3) is 0 Å². The van der Waals surface area contributed by atoms with Crippen LogP contribution in [0.4, 0.5) is 4.39 Å². The smallest absolute Gasteiger partial charge is 0.124 e. The van der Waals surface area contributed by atoms with Crippen molar-refractivity contribution in [2.45, 2.75) is 26.5 Å². The first-order valence-corrected chi connectivity index (χ1v) is 7.84. The van der Waals surface area contributed by atoms with Crippen LogP contribution in [0.1, 0.15) is 24.5 Å². The third-order valence-electron chi connectivity index (χ3n) is 3.03. The summed E-state index contributed by atoms with van der Waals surface area (Å²) in [5, 5.41) is 3.36. The number of hydrogen-bond acceptors (Lipinski definition) is 2. The number of rotatable bonds is 7. The van der Waals surface area contributed by atoms with Crippen molar-refractivity contribution in [1.29, 1.82) is 0 Å². The van der Waals surface area contributed by atoms with Crippen LogP contribution in [0, 0.1) is 5.82 Å². The molecule has 0 unspecified atom stereocenters. The van der Waals surface area contributed by atoms with Gasteiger partial charge in [-0.1, -0.05) is 41.1 Å². The number of nitrogens with one attached hydrogen (secondary N) is 1. The highest BCUT2D eigenvalue weighted by Crippen LogP contribution is 2.21. The quantitative estimate of drug-likeness (QED) is 0.732. The summed E-state index contributed by atoms with van der Waals surface area (Å²) in [5.41, 5.74) is 1.92. The monoisotopic (exact) mass is 351 g/mol. The maximum Gasteiger partial charge on any atom is 0.124 e. The van der Waals surface area contributed by atoms with Gasteiger partial charge in [-0.3, -0.25) is 0 Å². The molecule has 0 atom stereocenters. The van der Waals surface area contributed by atoms with E-state index in [1.165, 1.54) is 12.1 Å². The van der Waals surface area contributed by atoms with Crippen LogP contribution in [0.3, 0.4) is 0 Å². The summed E-state index contributed by atoms with van der Waals surface area (Å²) in [6, 6.07) is 12.7. The normalized spacial score (nSPS) is 10.6. The van der Waals surface area contributed by atoms with Crippen molar-refractivity contribution < 1.29 is 9.13 Å². The van der Waals surface area contributed by atoms with Gasteiger partial charge in [-0.05, 0) is 42.8 Å². The average molecular weight is 352 g/mol. The highest BCUT2D eigenvalue weighted by molar-refractivity contribution is 9.10. The molecule has 0 bridgehead atoms. The molecule has 4 heteroatoms. The van der Waals surface area contributed by atoms with E-state index < -0.39 is 0 Å². The zero-order valence-electron chi connectivity index (χ0n) is 12.0. The van der Waals surface area contributed by atoms with Crippen molar-refractivity contribution >= 4 is 15.9 Å². The molecule has 0 fully saturated rings. The van der Waals surface area contributed by atoms with Gasteiger partial charge in [-0.15, -0.1) is 0 Å². The molecule has 112 valence electrons. The highest BCUT2D eigenvalue weighted by atomic mass is 79.9. The summed E-state index contributed by atoms with van der Waals surface area (Å²) in [4.78, 5) is 0. The molecule has 2 rings (SSSR count). The average Bonchev–Trinajstić information content (AvgIpc) is 2.45. The van der Waals surface area contributed by atoms with Gasteiger partial charge in [-0.2, -0.15) is 0 Å². The largest absolute Gasteiger partial charge is 0.489 e. The Balaban J connectivity index is 2.02. The van der Waals surface area contributed by atoms with Gasteiger partial charge in [0.05, 0.1) is 0 Å². The second-order valence-corrected chi connectivity index (χ2v) is 5.77. The van der Waals surface area contributed by atoms with E-state index in [9.17, 15) is 4.39 Å². The number of ether oxygens (including phenoxy) is 1. The number of para-hydroxylation sites is 1. The standard InChI is InChI=1S/C17H19BrFNO/c1-2-7-20-11-14-5-3-4-6-17(14)21-12-13-8-15(18)10-16(19)9-13/h3-6,8-10,20H,2,7,11-12H2,1H3. The minimum absolute atomic E-state index is 0.263. The van der Waals surface area contributed by atoms with Gasteiger partial charge < -0.3 is 10.1 Å². The predicted octanol–water partition coefficient (Wildman–Crippen LogP) is 4.67. The Morgan fingerprint density at radius 2 is 2.00 bits per heavy atom. The molecule has 0 aliphatic heterocycles. The van der Waals surface area contributed by atoms with E-state index in [-0.39, 0.29) is 5.82 Å². The van der Waals surface area contributed by atoms with E-state index in [4.69, 9.17) is 4.74 Å². The molecule has 0 saturated heterocycles. The van der Waals surface area contributed by atoms with Crippen molar-refractivity contribution in [3.8, 4) is 5.75 Å². The second kappa shape index (κ2) is 8.15. The van der Waals surface area contributed by atoms with Crippen molar-refractivity contribution in [2.24, 2.45) is 0 Å². The Kier molecular flexibility index (Phi) is 6.21. The Hall–Kier alpha value is -1.39. The molecule has 2 aromatic carbocycles. The van der Waals surface area contributed by atoms with E-state index in [2.05, 4.69) is 28.2 Å². The van der Waals surface area contributed by atoms with Crippen molar-refractivity contribution in [3.63, 3.8) is 0 Å². The molecule has 0 saturated carbocycles. The second-order valence-electron chi connectivity index (χ2n) is 4.85. The molecule has 1 N–H and O–H groups in total. The van der Waals surface area contributed by atoms with E-state index in [1.54, 1.807) is 0 Å². The van der Waals surface area contributed by atoms with Crippen molar-refractivity contribution in [2.75, 3.05) is 6.54 Å². The lowest BCUT2D eigenvalue weighted by Gasteiger charge is -2.12. The van der Waals surface area contributed by atoms with E-state index in [0.29, 0.717) is 6.61 Å². The molecular weight excluding hydrogens is 333 g/mol. The molecular formula is C17H19BrFNO. The maximum atomic E-state index is 13.3. The van der Waals surface area contributed by atoms with E-state index in [0.717, 1.165) is 40.9 Å². The summed E-state index contributed by atoms with van der Waals surface area (Å²) in [7, 11) is 0. The third kappa shape index (κ3) is 5.14. The molecule has 0 aliphatic rings. The minimum Gasteiger partial charge on any atom is -0.489 e. The van der Waals surface area contributed by atoms with Crippen LogP contribution in [0.2, 0.25) is 0 Å². The zero-order chi connectivity index (χ0) is 15.1. The first-order chi connectivity index (χ1) is 10.2. The Morgan fingerprint density at radius 3 is 2.76 bits per heavy atom. The fourth-order valence-electron chi connectivity index (χ4n) is 2.05. The fourth-order valence-corrected chi connectivity index (χ4v) is 2.56. The fraction of sp³-hybridized carbons (Fsp3) is 0.294. The van der Waals surface area contributed by atoms with Crippen molar-refractivity contribution in [1.82, 2.24) is 5.32 Å². The Bertz CT molecular complexity index is 569. The van der Waals surface area contributed by atoms with Gasteiger partial charge >= 0.3 is 0 Å².